The monoisotopic (exact) mass is 342 g/mol. The van der Waals surface area contributed by atoms with Gasteiger partial charge in [-0.1, -0.05) is 44.2 Å². The van der Waals surface area contributed by atoms with Crippen LogP contribution in [-0.2, 0) is 16.1 Å². The van der Waals surface area contributed by atoms with E-state index in [1.54, 1.807) is 11.0 Å². The Morgan fingerprint density at radius 2 is 2.16 bits per heavy atom. The largest absolute Gasteiger partial charge is 0.378 e. The van der Waals surface area contributed by atoms with Gasteiger partial charge in [-0.3, -0.25) is 4.79 Å². The van der Waals surface area contributed by atoms with Crippen molar-refractivity contribution in [3.63, 3.8) is 0 Å². The molecule has 2 aromatic rings. The Morgan fingerprint density at radius 1 is 1.36 bits per heavy atom. The molecule has 0 aliphatic carbocycles. The Balaban J connectivity index is 1.52. The smallest absolute Gasteiger partial charge is 0.241 e. The van der Waals surface area contributed by atoms with Gasteiger partial charge in [-0.05, 0) is 18.8 Å². The molecule has 1 aliphatic heterocycles. The summed E-state index contributed by atoms with van der Waals surface area (Å²) in [6.07, 6.45) is 3.99. The molecule has 1 aromatic carbocycles. The third-order valence-corrected chi connectivity index (χ3v) is 4.59. The van der Waals surface area contributed by atoms with Crippen LogP contribution in [0.4, 0.5) is 0 Å². The van der Waals surface area contributed by atoms with E-state index in [1.807, 2.05) is 30.3 Å². The molecule has 2 heterocycles. The number of carbonyl (C=O) groups excluding carboxylic acids is 1. The molecule has 0 saturated carbocycles. The van der Waals surface area contributed by atoms with Crippen LogP contribution in [0, 0.1) is 11.8 Å². The molecular weight excluding hydrogens is 316 g/mol. The molecule has 134 valence electrons. The molecule has 6 heteroatoms. The predicted molar refractivity (Wildman–Crippen MR) is 95.8 cm³/mol. The normalized spacial score (nSPS) is 20.6. The molecule has 1 aliphatic rings. The first-order chi connectivity index (χ1) is 12.1. The number of aromatic nitrogens is 3. The molecule has 6 nitrogen and oxygen atoms in total. The summed E-state index contributed by atoms with van der Waals surface area (Å²) in [5, 5.41) is 7.41. The number of carbonyl (C=O) groups is 1. The third kappa shape index (κ3) is 4.66. The van der Waals surface area contributed by atoms with E-state index in [-0.39, 0.29) is 18.6 Å². The lowest BCUT2D eigenvalue weighted by atomic mass is 9.87. The highest BCUT2D eigenvalue weighted by atomic mass is 16.5. The highest BCUT2D eigenvalue weighted by molar-refractivity contribution is 5.75. The first-order valence-electron chi connectivity index (χ1n) is 8.96. The fraction of sp³-hybridized carbons (Fsp3) is 0.526. The van der Waals surface area contributed by atoms with Gasteiger partial charge in [0.25, 0.3) is 0 Å². The summed E-state index contributed by atoms with van der Waals surface area (Å²) in [7, 11) is 0. The Bertz CT molecular complexity index is 684. The van der Waals surface area contributed by atoms with Crippen LogP contribution >= 0.6 is 0 Å². The second-order valence-corrected chi connectivity index (χ2v) is 6.92. The summed E-state index contributed by atoms with van der Waals surface area (Å²) in [6, 6.07) is 9.75. The van der Waals surface area contributed by atoms with E-state index in [2.05, 4.69) is 29.2 Å². The molecule has 1 N–H and O–H groups in total. The second-order valence-electron chi connectivity index (χ2n) is 6.92. The fourth-order valence-corrected chi connectivity index (χ4v) is 3.36. The zero-order valence-corrected chi connectivity index (χ0v) is 14.9. The molecule has 1 fully saturated rings. The lowest BCUT2D eigenvalue weighted by molar-refractivity contribution is -0.122. The van der Waals surface area contributed by atoms with E-state index < -0.39 is 0 Å². The average Bonchev–Trinajstić information content (AvgIpc) is 3.09. The molecule has 2 atom stereocenters. The van der Waals surface area contributed by atoms with Crippen molar-refractivity contribution < 1.29 is 9.53 Å². The van der Waals surface area contributed by atoms with Crippen molar-refractivity contribution in [1.29, 1.82) is 0 Å². The van der Waals surface area contributed by atoms with E-state index >= 15 is 0 Å². The zero-order valence-electron chi connectivity index (χ0n) is 14.9. The van der Waals surface area contributed by atoms with E-state index in [1.165, 1.54) is 0 Å². The van der Waals surface area contributed by atoms with E-state index in [9.17, 15) is 4.79 Å². The first kappa shape index (κ1) is 17.6. The summed E-state index contributed by atoms with van der Waals surface area (Å²) in [5.41, 5.74) is 0.945. The van der Waals surface area contributed by atoms with Crippen LogP contribution in [0.25, 0.3) is 11.4 Å². The predicted octanol–water partition coefficient (Wildman–Crippen LogP) is 2.51. The summed E-state index contributed by atoms with van der Waals surface area (Å²) in [4.78, 5) is 16.5. The number of rotatable bonds is 6. The summed E-state index contributed by atoms with van der Waals surface area (Å²) >= 11 is 0. The van der Waals surface area contributed by atoms with E-state index in [4.69, 9.17) is 4.74 Å². The molecular formula is C19H26N4O2. The van der Waals surface area contributed by atoms with Crippen LogP contribution in [-0.4, -0.2) is 39.9 Å². The van der Waals surface area contributed by atoms with Gasteiger partial charge in [0.2, 0.25) is 5.91 Å². The SMILES string of the molecule is CC(C)C1OCCCC1CNC(=O)Cn1cnc(-c2ccccc2)n1. The number of benzene rings is 1. The second kappa shape index (κ2) is 8.25. The van der Waals surface area contributed by atoms with Gasteiger partial charge in [0.05, 0.1) is 6.10 Å². The van der Waals surface area contributed by atoms with Crippen molar-refractivity contribution in [2.75, 3.05) is 13.2 Å². The van der Waals surface area contributed by atoms with Gasteiger partial charge >= 0.3 is 0 Å². The summed E-state index contributed by atoms with van der Waals surface area (Å²) < 4.78 is 7.45. The number of ether oxygens (including phenoxy) is 1. The molecule has 1 amide bonds. The van der Waals surface area contributed by atoms with Crippen LogP contribution < -0.4 is 5.32 Å². The van der Waals surface area contributed by atoms with Crippen molar-refractivity contribution in [2.24, 2.45) is 11.8 Å². The molecule has 25 heavy (non-hydrogen) atoms. The van der Waals surface area contributed by atoms with Crippen molar-refractivity contribution in [1.82, 2.24) is 20.1 Å². The van der Waals surface area contributed by atoms with Gasteiger partial charge in [0.15, 0.2) is 5.82 Å². The number of hydrogen-bond donors (Lipinski definition) is 1. The van der Waals surface area contributed by atoms with Crippen LogP contribution in [0.2, 0.25) is 0 Å². The van der Waals surface area contributed by atoms with Crippen LogP contribution in [0.5, 0.6) is 0 Å². The minimum atomic E-state index is -0.0439. The van der Waals surface area contributed by atoms with Gasteiger partial charge in [-0.2, -0.15) is 5.10 Å². The lowest BCUT2D eigenvalue weighted by Gasteiger charge is -2.34. The topological polar surface area (TPSA) is 69.0 Å². The van der Waals surface area contributed by atoms with Crippen molar-refractivity contribution in [3.8, 4) is 11.4 Å². The zero-order chi connectivity index (χ0) is 17.6. The maximum absolute atomic E-state index is 12.2. The molecule has 2 unspecified atom stereocenters. The molecule has 1 saturated heterocycles. The summed E-state index contributed by atoms with van der Waals surface area (Å²) in [5.74, 6) is 1.44. The Hall–Kier alpha value is -2.21. The highest BCUT2D eigenvalue weighted by Crippen LogP contribution is 2.25. The molecule has 0 radical (unpaired) electrons. The van der Waals surface area contributed by atoms with Gasteiger partial charge in [0.1, 0.15) is 12.9 Å². The summed E-state index contributed by atoms with van der Waals surface area (Å²) in [6.45, 7) is 6.01. The number of nitrogens with zero attached hydrogens (tertiary/aromatic N) is 3. The number of hydrogen-bond acceptors (Lipinski definition) is 4. The quantitative estimate of drug-likeness (QED) is 0.876. The van der Waals surface area contributed by atoms with E-state index in [0.29, 0.717) is 24.2 Å². The standard InChI is InChI=1S/C19H26N4O2/c1-14(2)18-16(9-6-10-25-18)11-20-17(24)12-23-13-21-19(22-23)15-7-4-3-5-8-15/h3-5,7-8,13-14,16,18H,6,9-12H2,1-2H3,(H,20,24). The Morgan fingerprint density at radius 3 is 2.92 bits per heavy atom. The van der Waals surface area contributed by atoms with Gasteiger partial charge in [0, 0.05) is 24.6 Å². The van der Waals surface area contributed by atoms with Crippen LogP contribution in [0.15, 0.2) is 36.7 Å². The number of amides is 1. The van der Waals surface area contributed by atoms with Crippen molar-refractivity contribution in [2.45, 2.75) is 39.3 Å². The van der Waals surface area contributed by atoms with Crippen molar-refractivity contribution >= 4 is 5.91 Å². The average molecular weight is 342 g/mol. The van der Waals surface area contributed by atoms with Gasteiger partial charge in [-0.25, -0.2) is 9.67 Å². The maximum atomic E-state index is 12.2. The molecule has 3 rings (SSSR count). The maximum Gasteiger partial charge on any atom is 0.241 e. The van der Waals surface area contributed by atoms with Gasteiger partial charge < -0.3 is 10.1 Å². The van der Waals surface area contributed by atoms with Crippen LogP contribution in [0.1, 0.15) is 26.7 Å². The van der Waals surface area contributed by atoms with E-state index in [0.717, 1.165) is 25.0 Å². The lowest BCUT2D eigenvalue weighted by Crippen LogP contribution is -2.42. The van der Waals surface area contributed by atoms with Crippen LogP contribution in [0.3, 0.4) is 0 Å². The molecule has 1 aromatic heterocycles. The minimum Gasteiger partial charge on any atom is -0.378 e. The Labute approximate surface area is 148 Å². The third-order valence-electron chi connectivity index (χ3n) is 4.59. The minimum absolute atomic E-state index is 0.0439. The highest BCUT2D eigenvalue weighted by Gasteiger charge is 2.28. The van der Waals surface area contributed by atoms with Gasteiger partial charge in [-0.15, -0.1) is 0 Å². The first-order valence-corrected chi connectivity index (χ1v) is 8.96. The fourth-order valence-electron chi connectivity index (χ4n) is 3.36. The molecule has 0 spiro atoms. The van der Waals surface area contributed by atoms with Crippen molar-refractivity contribution in [3.05, 3.63) is 36.7 Å². The Kier molecular flexibility index (Phi) is 5.81. The molecule has 0 bridgehead atoms. The number of nitrogens with one attached hydrogen (secondary N) is 1.